The van der Waals surface area contributed by atoms with Crippen LogP contribution in [-0.4, -0.2) is 38.8 Å². The molecule has 1 amide bonds. The number of carbonyl (C=O) groups is 1. The van der Waals surface area contributed by atoms with Gasteiger partial charge in [0, 0.05) is 19.6 Å². The second-order valence-corrected chi connectivity index (χ2v) is 8.58. The van der Waals surface area contributed by atoms with E-state index in [9.17, 15) is 17.6 Å². The van der Waals surface area contributed by atoms with Gasteiger partial charge in [0.15, 0.2) is 0 Å². The van der Waals surface area contributed by atoms with Crippen molar-refractivity contribution < 1.29 is 22.3 Å². The van der Waals surface area contributed by atoms with E-state index in [0.29, 0.717) is 18.7 Å². The summed E-state index contributed by atoms with van der Waals surface area (Å²) < 4.78 is 45.7. The molecule has 150 valence electrons. The molecular formula is C20H23FN2O4S. The Balaban J connectivity index is 1.73. The number of benzene rings is 2. The van der Waals surface area contributed by atoms with Gasteiger partial charge in [-0.15, -0.1) is 0 Å². The van der Waals surface area contributed by atoms with Crippen LogP contribution >= 0.6 is 0 Å². The van der Waals surface area contributed by atoms with E-state index in [1.807, 2.05) is 0 Å². The number of halogens is 1. The molecule has 6 nitrogen and oxygen atoms in total. The number of amides is 1. The lowest BCUT2D eigenvalue weighted by Gasteiger charge is -2.26. The Morgan fingerprint density at radius 1 is 1.14 bits per heavy atom. The van der Waals surface area contributed by atoms with E-state index in [2.05, 4.69) is 5.32 Å². The van der Waals surface area contributed by atoms with E-state index in [4.69, 9.17) is 4.74 Å². The third kappa shape index (κ3) is 4.51. The Bertz CT molecular complexity index is 956. The molecular weight excluding hydrogens is 383 g/mol. The summed E-state index contributed by atoms with van der Waals surface area (Å²) >= 11 is 0. The smallest absolute Gasteiger partial charge is 0.255 e. The fourth-order valence-corrected chi connectivity index (χ4v) is 4.79. The molecule has 0 aromatic heterocycles. The van der Waals surface area contributed by atoms with Crippen LogP contribution in [0.25, 0.3) is 0 Å². The van der Waals surface area contributed by atoms with Crippen molar-refractivity contribution in [3.63, 3.8) is 0 Å². The highest BCUT2D eigenvalue weighted by atomic mass is 32.2. The molecule has 0 bridgehead atoms. The zero-order valence-corrected chi connectivity index (χ0v) is 16.5. The number of ether oxygens (including phenoxy) is 1. The van der Waals surface area contributed by atoms with Crippen molar-refractivity contribution in [1.82, 2.24) is 9.62 Å². The van der Waals surface area contributed by atoms with Gasteiger partial charge in [-0.05, 0) is 48.7 Å². The summed E-state index contributed by atoms with van der Waals surface area (Å²) in [6.45, 7) is 1.17. The molecule has 0 aliphatic carbocycles. The van der Waals surface area contributed by atoms with Crippen LogP contribution in [0.5, 0.6) is 5.75 Å². The highest BCUT2D eigenvalue weighted by molar-refractivity contribution is 7.89. The average Bonchev–Trinajstić information content (AvgIpc) is 2.72. The summed E-state index contributed by atoms with van der Waals surface area (Å²) in [7, 11) is -2.14. The molecule has 2 aromatic rings. The number of hydrogen-bond acceptors (Lipinski definition) is 4. The highest BCUT2D eigenvalue weighted by Crippen LogP contribution is 2.22. The lowest BCUT2D eigenvalue weighted by molar-refractivity contribution is 0.0947. The second kappa shape index (κ2) is 8.70. The van der Waals surface area contributed by atoms with Crippen molar-refractivity contribution in [2.75, 3.05) is 20.2 Å². The maximum atomic E-state index is 13.5. The number of carbonyl (C=O) groups excluding carboxylic acids is 1. The number of rotatable bonds is 6. The molecule has 1 aliphatic rings. The molecule has 1 heterocycles. The number of sulfonamides is 1. The topological polar surface area (TPSA) is 75.7 Å². The summed E-state index contributed by atoms with van der Waals surface area (Å²) in [5.74, 6) is -0.776. The van der Waals surface area contributed by atoms with Crippen molar-refractivity contribution in [2.24, 2.45) is 0 Å². The predicted octanol–water partition coefficient (Wildman–Crippen LogP) is 2.94. The number of piperidine rings is 1. The minimum atomic E-state index is -3.54. The molecule has 1 saturated heterocycles. The van der Waals surface area contributed by atoms with Crippen LogP contribution in [0.15, 0.2) is 47.4 Å². The number of methoxy groups -OCH3 is 1. The fourth-order valence-electron chi connectivity index (χ4n) is 3.21. The Morgan fingerprint density at radius 2 is 1.89 bits per heavy atom. The van der Waals surface area contributed by atoms with Crippen LogP contribution in [0.1, 0.15) is 35.2 Å². The second-order valence-electron chi connectivity index (χ2n) is 6.64. The molecule has 0 unspecified atom stereocenters. The fraction of sp³-hybridized carbons (Fsp3) is 0.350. The molecule has 0 spiro atoms. The number of nitrogens with zero attached hydrogens (tertiary/aromatic N) is 1. The zero-order chi connectivity index (χ0) is 20.1. The lowest BCUT2D eigenvalue weighted by Crippen LogP contribution is -2.35. The normalized spacial score (nSPS) is 15.2. The molecule has 2 aromatic carbocycles. The third-order valence-corrected chi connectivity index (χ3v) is 6.61. The van der Waals surface area contributed by atoms with Crippen LogP contribution in [-0.2, 0) is 16.6 Å². The van der Waals surface area contributed by atoms with Crippen LogP contribution in [0.4, 0.5) is 4.39 Å². The Kier molecular flexibility index (Phi) is 6.31. The Labute approximate surface area is 164 Å². The van der Waals surface area contributed by atoms with Crippen molar-refractivity contribution in [2.45, 2.75) is 30.7 Å². The number of nitrogens with one attached hydrogen (secondary N) is 1. The monoisotopic (exact) mass is 406 g/mol. The summed E-state index contributed by atoms with van der Waals surface area (Å²) in [6.07, 6.45) is 2.77. The first kappa shape index (κ1) is 20.3. The maximum Gasteiger partial charge on any atom is 0.255 e. The standard InChI is InChI=1S/C20H23FN2O4S/c1-27-19-9-8-16(21)13-18(19)20(24)22-14-15-6-5-7-17(12-15)28(25,26)23-10-3-2-4-11-23/h5-9,12-13H,2-4,10-11,14H2,1H3,(H,22,24). The van der Waals surface area contributed by atoms with Crippen LogP contribution in [0, 0.1) is 5.82 Å². The average molecular weight is 406 g/mol. The molecule has 8 heteroatoms. The zero-order valence-electron chi connectivity index (χ0n) is 15.7. The lowest BCUT2D eigenvalue weighted by atomic mass is 10.1. The van der Waals surface area contributed by atoms with E-state index in [1.54, 1.807) is 24.3 Å². The molecule has 28 heavy (non-hydrogen) atoms. The molecule has 0 saturated carbocycles. The Hall–Kier alpha value is -2.45. The summed E-state index contributed by atoms with van der Waals surface area (Å²) in [5.41, 5.74) is 0.724. The minimum Gasteiger partial charge on any atom is -0.496 e. The van der Waals surface area contributed by atoms with Crippen molar-refractivity contribution in [1.29, 1.82) is 0 Å². The molecule has 3 rings (SSSR count). The summed E-state index contributed by atoms with van der Waals surface area (Å²) in [4.78, 5) is 12.6. The van der Waals surface area contributed by atoms with Gasteiger partial charge in [0.05, 0.1) is 17.6 Å². The van der Waals surface area contributed by atoms with E-state index in [-0.39, 0.29) is 22.8 Å². The highest BCUT2D eigenvalue weighted by Gasteiger charge is 2.26. The van der Waals surface area contributed by atoms with E-state index in [1.165, 1.54) is 23.5 Å². The first-order valence-corrected chi connectivity index (χ1v) is 10.6. The molecule has 0 atom stereocenters. The van der Waals surface area contributed by atoms with Gasteiger partial charge in [-0.2, -0.15) is 4.31 Å². The molecule has 1 N–H and O–H groups in total. The van der Waals surface area contributed by atoms with Crippen LogP contribution < -0.4 is 10.1 Å². The summed E-state index contributed by atoms with van der Waals surface area (Å²) in [5, 5.41) is 2.68. The predicted molar refractivity (Wildman–Crippen MR) is 103 cm³/mol. The van der Waals surface area contributed by atoms with Crippen molar-refractivity contribution in [3.05, 3.63) is 59.4 Å². The van der Waals surface area contributed by atoms with Gasteiger partial charge in [0.25, 0.3) is 5.91 Å². The SMILES string of the molecule is COc1ccc(F)cc1C(=O)NCc1cccc(S(=O)(=O)N2CCCCC2)c1. The molecule has 1 fully saturated rings. The van der Waals surface area contributed by atoms with Gasteiger partial charge in [-0.3, -0.25) is 4.79 Å². The molecule has 1 aliphatic heterocycles. The molecule has 0 radical (unpaired) electrons. The van der Waals surface area contributed by atoms with Crippen molar-refractivity contribution >= 4 is 15.9 Å². The van der Waals surface area contributed by atoms with Gasteiger partial charge in [0.2, 0.25) is 10.0 Å². The van der Waals surface area contributed by atoms with Gasteiger partial charge >= 0.3 is 0 Å². The van der Waals surface area contributed by atoms with Gasteiger partial charge in [-0.25, -0.2) is 12.8 Å². The van der Waals surface area contributed by atoms with E-state index < -0.39 is 21.7 Å². The van der Waals surface area contributed by atoms with E-state index >= 15 is 0 Å². The number of hydrogen-bond donors (Lipinski definition) is 1. The Morgan fingerprint density at radius 3 is 2.61 bits per heavy atom. The first-order valence-electron chi connectivity index (χ1n) is 9.12. The van der Waals surface area contributed by atoms with Gasteiger partial charge in [-0.1, -0.05) is 18.6 Å². The summed E-state index contributed by atoms with van der Waals surface area (Å²) in [6, 6.07) is 10.2. The van der Waals surface area contributed by atoms with Crippen LogP contribution in [0.2, 0.25) is 0 Å². The quantitative estimate of drug-likeness (QED) is 0.800. The van der Waals surface area contributed by atoms with Gasteiger partial charge in [0.1, 0.15) is 11.6 Å². The first-order chi connectivity index (χ1) is 13.4. The van der Waals surface area contributed by atoms with Crippen LogP contribution in [0.3, 0.4) is 0 Å². The van der Waals surface area contributed by atoms with E-state index in [0.717, 1.165) is 25.3 Å². The largest absolute Gasteiger partial charge is 0.496 e. The minimum absolute atomic E-state index is 0.0830. The van der Waals surface area contributed by atoms with Crippen molar-refractivity contribution in [3.8, 4) is 5.75 Å². The maximum absolute atomic E-state index is 13.5. The van der Waals surface area contributed by atoms with Gasteiger partial charge < -0.3 is 10.1 Å². The third-order valence-electron chi connectivity index (χ3n) is 4.71.